The largest absolute Gasteiger partial charge is 0.463 e. The summed E-state index contributed by atoms with van der Waals surface area (Å²) in [6, 6.07) is 9.47. The monoisotopic (exact) mass is 292 g/mol. The number of benzene rings is 1. The molecule has 2 rings (SSSR count). The minimum Gasteiger partial charge on any atom is -0.463 e. The van der Waals surface area contributed by atoms with Crippen LogP contribution < -0.4 is 0 Å². The molecule has 21 heavy (non-hydrogen) atoms. The van der Waals surface area contributed by atoms with Crippen molar-refractivity contribution in [3.63, 3.8) is 0 Å². The molecule has 0 unspecified atom stereocenters. The van der Waals surface area contributed by atoms with E-state index in [0.29, 0.717) is 12.2 Å². The fraction of sp³-hybridized carbons (Fsp3) is 0.438. The molecule has 1 fully saturated rings. The van der Waals surface area contributed by atoms with Crippen LogP contribution in [0.4, 0.5) is 0 Å². The minimum absolute atomic E-state index is 0.150. The molecule has 1 aliphatic heterocycles. The molecule has 0 spiro atoms. The van der Waals surface area contributed by atoms with E-state index in [1.165, 1.54) is 0 Å². The first-order valence-electron chi connectivity index (χ1n) is 6.97. The van der Waals surface area contributed by atoms with Gasteiger partial charge in [-0.15, -0.1) is 0 Å². The van der Waals surface area contributed by atoms with Gasteiger partial charge in [-0.1, -0.05) is 30.3 Å². The van der Waals surface area contributed by atoms with Crippen LogP contribution in [0.3, 0.4) is 0 Å². The Morgan fingerprint density at radius 1 is 1.43 bits per heavy atom. The van der Waals surface area contributed by atoms with E-state index in [9.17, 15) is 9.90 Å². The van der Waals surface area contributed by atoms with Gasteiger partial charge in [0.15, 0.2) is 6.29 Å². The van der Waals surface area contributed by atoms with Crippen LogP contribution in [0.15, 0.2) is 42.0 Å². The number of carbonyl (C=O) groups excluding carboxylic acids is 1. The summed E-state index contributed by atoms with van der Waals surface area (Å²) in [5.74, 6) is -0.406. The van der Waals surface area contributed by atoms with Crippen LogP contribution in [0.5, 0.6) is 0 Å². The average molecular weight is 292 g/mol. The summed E-state index contributed by atoms with van der Waals surface area (Å²) in [6.07, 6.45) is -0.380. The van der Waals surface area contributed by atoms with Gasteiger partial charge in [0.1, 0.15) is 12.2 Å². The number of rotatable bonds is 4. The van der Waals surface area contributed by atoms with Gasteiger partial charge in [0.2, 0.25) is 0 Å². The van der Waals surface area contributed by atoms with Crippen molar-refractivity contribution in [2.24, 2.45) is 0 Å². The van der Waals surface area contributed by atoms with Crippen LogP contribution in [0.1, 0.15) is 25.7 Å². The molecule has 0 bridgehead atoms. The number of hydrogen-bond acceptors (Lipinski definition) is 5. The summed E-state index contributed by atoms with van der Waals surface area (Å²) in [4.78, 5) is 11.6. The highest BCUT2D eigenvalue weighted by Crippen LogP contribution is 2.27. The van der Waals surface area contributed by atoms with E-state index in [2.05, 4.69) is 0 Å². The van der Waals surface area contributed by atoms with Crippen molar-refractivity contribution in [2.45, 2.75) is 32.3 Å². The lowest BCUT2D eigenvalue weighted by molar-refractivity contribution is -0.244. The van der Waals surface area contributed by atoms with Gasteiger partial charge in [-0.25, -0.2) is 4.79 Å². The van der Waals surface area contributed by atoms with Gasteiger partial charge in [-0.3, -0.25) is 0 Å². The Labute approximate surface area is 124 Å². The van der Waals surface area contributed by atoms with Gasteiger partial charge in [-0.2, -0.15) is 0 Å². The van der Waals surface area contributed by atoms with Gasteiger partial charge in [0.25, 0.3) is 0 Å². The van der Waals surface area contributed by atoms with E-state index in [1.807, 2.05) is 30.3 Å². The van der Waals surface area contributed by atoms with Gasteiger partial charge < -0.3 is 19.3 Å². The lowest BCUT2D eigenvalue weighted by Gasteiger charge is -2.32. The molecular formula is C16H20O5. The second-order valence-corrected chi connectivity index (χ2v) is 4.81. The zero-order valence-corrected chi connectivity index (χ0v) is 12.2. The van der Waals surface area contributed by atoms with Gasteiger partial charge >= 0.3 is 5.97 Å². The van der Waals surface area contributed by atoms with Crippen molar-refractivity contribution in [1.29, 1.82) is 0 Å². The van der Waals surface area contributed by atoms with E-state index >= 15 is 0 Å². The van der Waals surface area contributed by atoms with E-state index in [0.717, 1.165) is 5.56 Å². The van der Waals surface area contributed by atoms with Crippen LogP contribution in [-0.2, 0) is 19.0 Å². The fourth-order valence-corrected chi connectivity index (χ4v) is 2.05. The Balaban J connectivity index is 2.08. The van der Waals surface area contributed by atoms with Crippen LogP contribution in [0.2, 0.25) is 0 Å². The molecule has 0 amide bonds. The highest BCUT2D eigenvalue weighted by Gasteiger charge is 2.30. The molecule has 1 aromatic carbocycles. The lowest BCUT2D eigenvalue weighted by atomic mass is 10.1. The highest BCUT2D eigenvalue weighted by atomic mass is 16.7. The van der Waals surface area contributed by atoms with Crippen LogP contribution in [0.25, 0.3) is 0 Å². The Bertz CT molecular complexity index is 497. The summed E-state index contributed by atoms with van der Waals surface area (Å²) < 4.78 is 16.1. The second-order valence-electron chi connectivity index (χ2n) is 4.81. The molecule has 1 aliphatic rings. The number of carbonyl (C=O) groups is 1. The number of ether oxygens (including phenoxy) is 3. The molecule has 0 saturated carbocycles. The number of esters is 1. The third-order valence-electron chi connectivity index (χ3n) is 3.16. The molecule has 5 nitrogen and oxygen atoms in total. The second kappa shape index (κ2) is 7.36. The Morgan fingerprint density at radius 3 is 2.81 bits per heavy atom. The summed E-state index contributed by atoms with van der Waals surface area (Å²) in [5, 5.41) is 9.95. The fourth-order valence-electron chi connectivity index (χ4n) is 2.05. The normalized spacial score (nSPS) is 26.4. The molecule has 0 aromatic heterocycles. The summed E-state index contributed by atoms with van der Waals surface area (Å²) >= 11 is 0. The first-order chi connectivity index (χ1) is 10.1. The van der Waals surface area contributed by atoms with E-state index < -0.39 is 24.5 Å². The topological polar surface area (TPSA) is 65.0 Å². The summed E-state index contributed by atoms with van der Waals surface area (Å²) in [5.41, 5.74) is 1.28. The molecule has 0 radical (unpaired) electrons. The van der Waals surface area contributed by atoms with Crippen molar-refractivity contribution in [1.82, 2.24) is 0 Å². The van der Waals surface area contributed by atoms with E-state index in [1.54, 1.807) is 19.9 Å². The average Bonchev–Trinajstić information content (AvgIpc) is 2.50. The molecule has 1 heterocycles. The first-order valence-corrected chi connectivity index (χ1v) is 6.97. The maximum Gasteiger partial charge on any atom is 0.333 e. The Kier molecular flexibility index (Phi) is 5.50. The van der Waals surface area contributed by atoms with Crippen molar-refractivity contribution < 1.29 is 24.1 Å². The molecule has 0 aliphatic carbocycles. The van der Waals surface area contributed by atoms with Crippen LogP contribution in [0, 0.1) is 0 Å². The predicted molar refractivity (Wildman–Crippen MR) is 76.4 cm³/mol. The number of hydrogen-bond donors (Lipinski definition) is 1. The van der Waals surface area contributed by atoms with Crippen molar-refractivity contribution in [3.8, 4) is 0 Å². The van der Waals surface area contributed by atoms with Crippen LogP contribution in [-0.4, -0.2) is 36.5 Å². The molecular weight excluding hydrogens is 272 g/mol. The lowest BCUT2D eigenvalue weighted by Crippen LogP contribution is -2.39. The van der Waals surface area contributed by atoms with E-state index in [-0.39, 0.29) is 6.61 Å². The standard InChI is InChI=1S/C16H20O5/c1-3-19-15(18)11(2)9-14-13(17)10-20-16(21-14)12-7-5-4-6-8-12/h4-9,13-14,16-17H,3,10H2,1-2H3/b11-9-/t13-,14+,16-/m1/s1. The quantitative estimate of drug-likeness (QED) is 0.679. The van der Waals surface area contributed by atoms with Gasteiger partial charge in [0.05, 0.1) is 13.2 Å². The van der Waals surface area contributed by atoms with Crippen molar-refractivity contribution >= 4 is 5.97 Å². The molecule has 3 atom stereocenters. The molecule has 5 heteroatoms. The maximum absolute atomic E-state index is 11.6. The van der Waals surface area contributed by atoms with Gasteiger partial charge in [-0.05, 0) is 19.9 Å². The Morgan fingerprint density at radius 2 is 2.14 bits per heavy atom. The molecule has 1 N–H and O–H groups in total. The highest BCUT2D eigenvalue weighted by molar-refractivity contribution is 5.87. The predicted octanol–water partition coefficient (Wildman–Crippen LogP) is 1.97. The molecule has 114 valence electrons. The third kappa shape index (κ3) is 4.14. The number of aliphatic hydroxyl groups is 1. The van der Waals surface area contributed by atoms with E-state index in [4.69, 9.17) is 14.2 Å². The minimum atomic E-state index is -0.811. The zero-order valence-electron chi connectivity index (χ0n) is 12.2. The summed E-state index contributed by atoms with van der Waals surface area (Å²) in [7, 11) is 0. The zero-order chi connectivity index (χ0) is 15.2. The SMILES string of the molecule is CCOC(=O)/C(C)=C\[C@@H]1O[C@H](c2ccccc2)OC[C@H]1O. The maximum atomic E-state index is 11.6. The van der Waals surface area contributed by atoms with Crippen molar-refractivity contribution in [3.05, 3.63) is 47.5 Å². The smallest absolute Gasteiger partial charge is 0.333 e. The van der Waals surface area contributed by atoms with Gasteiger partial charge in [0, 0.05) is 11.1 Å². The molecule has 1 aromatic rings. The Hall–Kier alpha value is -1.69. The van der Waals surface area contributed by atoms with Crippen molar-refractivity contribution in [2.75, 3.05) is 13.2 Å². The molecule has 1 saturated heterocycles. The first kappa shape index (κ1) is 15.7. The number of aliphatic hydroxyl groups excluding tert-OH is 1. The summed E-state index contributed by atoms with van der Waals surface area (Å²) in [6.45, 7) is 3.85. The van der Waals surface area contributed by atoms with Crippen LogP contribution >= 0.6 is 0 Å². The third-order valence-corrected chi connectivity index (χ3v) is 3.16.